The number of hydrogen-bond donors (Lipinski definition) is 3. The van der Waals surface area contributed by atoms with Crippen LogP contribution in [0.4, 0.5) is 0 Å². The molecule has 1 aromatic rings. The van der Waals surface area contributed by atoms with Gasteiger partial charge < -0.3 is 10.7 Å². The molecule has 3 nitrogen and oxygen atoms in total. The fourth-order valence-corrected chi connectivity index (χ4v) is 2.97. The van der Waals surface area contributed by atoms with Crippen molar-refractivity contribution in [2.24, 2.45) is 5.84 Å². The van der Waals surface area contributed by atoms with Crippen molar-refractivity contribution in [2.45, 2.75) is 25.3 Å². The lowest BCUT2D eigenvalue weighted by atomic mass is 9.94. The van der Waals surface area contributed by atoms with Gasteiger partial charge >= 0.3 is 0 Å². The molecule has 0 amide bonds. The fraction of sp³-hybridized carbons (Fsp3) is 0.444. The molecule has 0 spiro atoms. The smallest absolute Gasteiger partial charge is 0.181 e. The molecule has 0 fully saturated rings. The Labute approximate surface area is 92.7 Å². The monoisotopic (exact) mass is 227 g/mol. The van der Waals surface area contributed by atoms with Gasteiger partial charge in [-0.05, 0) is 48.5 Å². The molecule has 4 N–H and O–H groups in total. The second-order valence-corrected chi connectivity index (χ2v) is 4.77. The van der Waals surface area contributed by atoms with E-state index in [1.165, 1.54) is 23.3 Å². The Morgan fingerprint density at radius 3 is 3.29 bits per heavy atom. The van der Waals surface area contributed by atoms with E-state index in [1.807, 2.05) is 11.3 Å². The molecule has 1 aliphatic rings. The van der Waals surface area contributed by atoms with Crippen molar-refractivity contribution in [3.8, 4) is 0 Å². The third-order valence-corrected chi connectivity index (χ3v) is 3.72. The molecule has 0 radical (unpaired) electrons. The number of nitrogens with one attached hydrogen (secondary N) is 2. The minimum absolute atomic E-state index is 0.341. The Morgan fingerprint density at radius 2 is 2.50 bits per heavy atom. The van der Waals surface area contributed by atoms with Crippen molar-refractivity contribution in [1.82, 2.24) is 10.7 Å². The average molecular weight is 227 g/mol. The van der Waals surface area contributed by atoms with Crippen molar-refractivity contribution in [3.63, 3.8) is 0 Å². The predicted octanol–water partition coefficient (Wildman–Crippen LogP) is 1.46. The van der Waals surface area contributed by atoms with Crippen LogP contribution >= 0.6 is 23.6 Å². The average Bonchev–Trinajstić information content (AvgIpc) is 2.66. The summed E-state index contributed by atoms with van der Waals surface area (Å²) in [7, 11) is 0. The molecule has 2 rings (SSSR count). The van der Waals surface area contributed by atoms with Gasteiger partial charge in [0.25, 0.3) is 0 Å². The molecule has 76 valence electrons. The lowest BCUT2D eigenvalue weighted by molar-refractivity contribution is 0.530. The first-order chi connectivity index (χ1) is 6.81. The van der Waals surface area contributed by atoms with Crippen molar-refractivity contribution >= 4 is 28.7 Å². The first-order valence-corrected chi connectivity index (χ1v) is 5.93. The number of thiocarbonyl (C=S) groups is 1. The van der Waals surface area contributed by atoms with E-state index in [2.05, 4.69) is 22.2 Å². The van der Waals surface area contributed by atoms with Gasteiger partial charge in [0, 0.05) is 4.88 Å². The maximum atomic E-state index is 5.23. The molecule has 1 unspecified atom stereocenters. The highest BCUT2D eigenvalue weighted by atomic mass is 32.1. The molecule has 1 heterocycles. The molecule has 0 aliphatic heterocycles. The fourth-order valence-electron chi connectivity index (χ4n) is 1.84. The second-order valence-electron chi connectivity index (χ2n) is 3.36. The highest BCUT2D eigenvalue weighted by Gasteiger charge is 2.21. The van der Waals surface area contributed by atoms with Crippen LogP contribution in [0.1, 0.15) is 29.3 Å². The molecule has 0 aromatic carbocycles. The molecule has 5 heteroatoms. The van der Waals surface area contributed by atoms with Crippen molar-refractivity contribution in [3.05, 3.63) is 21.9 Å². The SMILES string of the molecule is NNC(=S)NC1CCCc2sccc21. The summed E-state index contributed by atoms with van der Waals surface area (Å²) in [6, 6.07) is 2.52. The number of aryl methyl sites for hydroxylation is 1. The normalized spacial score (nSPS) is 19.9. The van der Waals surface area contributed by atoms with Gasteiger partial charge in [0.15, 0.2) is 5.11 Å². The summed E-state index contributed by atoms with van der Waals surface area (Å²) >= 11 is 6.82. The number of hydrazine groups is 1. The third kappa shape index (κ3) is 1.89. The van der Waals surface area contributed by atoms with Gasteiger partial charge in [-0.25, -0.2) is 5.84 Å². The topological polar surface area (TPSA) is 50.1 Å². The third-order valence-electron chi connectivity index (χ3n) is 2.49. The number of rotatable bonds is 1. The minimum Gasteiger partial charge on any atom is -0.355 e. The lowest BCUT2D eigenvalue weighted by Gasteiger charge is -2.24. The standard InChI is InChI=1S/C9H13N3S2/c10-12-9(13)11-7-2-1-3-8-6(7)4-5-14-8/h4-5,7H,1-3,10H2,(H2,11,12,13). The number of hydrogen-bond acceptors (Lipinski definition) is 3. The predicted molar refractivity (Wildman–Crippen MR) is 63.1 cm³/mol. The number of thiophene rings is 1. The van der Waals surface area contributed by atoms with Crippen LogP contribution in [0.5, 0.6) is 0 Å². The van der Waals surface area contributed by atoms with Crippen LogP contribution in [-0.2, 0) is 6.42 Å². The zero-order chi connectivity index (χ0) is 9.97. The molecule has 1 aliphatic carbocycles. The van der Waals surface area contributed by atoms with Crippen molar-refractivity contribution < 1.29 is 0 Å². The summed E-state index contributed by atoms with van der Waals surface area (Å²) in [5, 5.41) is 5.88. The summed E-state index contributed by atoms with van der Waals surface area (Å²) in [5.41, 5.74) is 3.85. The summed E-state index contributed by atoms with van der Waals surface area (Å²) in [6.07, 6.45) is 3.55. The quantitative estimate of drug-likeness (QED) is 0.386. The van der Waals surface area contributed by atoms with Crippen LogP contribution in [0.15, 0.2) is 11.4 Å². The van der Waals surface area contributed by atoms with Crippen LogP contribution in [-0.4, -0.2) is 5.11 Å². The van der Waals surface area contributed by atoms with Gasteiger partial charge in [0.2, 0.25) is 0 Å². The molecular weight excluding hydrogens is 214 g/mol. The Kier molecular flexibility index (Phi) is 3.00. The van der Waals surface area contributed by atoms with E-state index in [9.17, 15) is 0 Å². The summed E-state index contributed by atoms with van der Waals surface area (Å²) in [5.74, 6) is 5.23. The highest BCUT2D eigenvalue weighted by molar-refractivity contribution is 7.80. The lowest BCUT2D eigenvalue weighted by Crippen LogP contribution is -2.42. The Balaban J connectivity index is 2.12. The molecule has 0 bridgehead atoms. The Bertz CT molecular complexity index is 335. The van der Waals surface area contributed by atoms with Gasteiger partial charge in [0.05, 0.1) is 6.04 Å². The van der Waals surface area contributed by atoms with Crippen LogP contribution in [0.25, 0.3) is 0 Å². The van der Waals surface area contributed by atoms with E-state index in [1.54, 1.807) is 0 Å². The van der Waals surface area contributed by atoms with Gasteiger partial charge in [-0.2, -0.15) is 0 Å². The van der Waals surface area contributed by atoms with E-state index in [4.69, 9.17) is 18.1 Å². The van der Waals surface area contributed by atoms with E-state index in [0.29, 0.717) is 11.2 Å². The van der Waals surface area contributed by atoms with E-state index < -0.39 is 0 Å². The molecule has 1 aromatic heterocycles. The van der Waals surface area contributed by atoms with Gasteiger partial charge in [-0.3, -0.25) is 0 Å². The summed E-state index contributed by atoms with van der Waals surface area (Å²) in [4.78, 5) is 1.48. The van der Waals surface area contributed by atoms with Crippen LogP contribution in [0, 0.1) is 0 Å². The van der Waals surface area contributed by atoms with E-state index in [-0.39, 0.29) is 0 Å². The maximum absolute atomic E-state index is 5.23. The van der Waals surface area contributed by atoms with E-state index >= 15 is 0 Å². The zero-order valence-electron chi connectivity index (χ0n) is 7.75. The van der Waals surface area contributed by atoms with Crippen molar-refractivity contribution in [1.29, 1.82) is 0 Å². The van der Waals surface area contributed by atoms with Crippen LogP contribution in [0.2, 0.25) is 0 Å². The van der Waals surface area contributed by atoms with E-state index in [0.717, 1.165) is 6.42 Å². The molecular formula is C9H13N3S2. The molecule has 0 saturated heterocycles. The van der Waals surface area contributed by atoms with Crippen LogP contribution < -0.4 is 16.6 Å². The molecule has 1 atom stereocenters. The summed E-state index contributed by atoms with van der Waals surface area (Å²) < 4.78 is 0. The first-order valence-electron chi connectivity index (χ1n) is 4.64. The minimum atomic E-state index is 0.341. The summed E-state index contributed by atoms with van der Waals surface area (Å²) in [6.45, 7) is 0. The van der Waals surface area contributed by atoms with Gasteiger partial charge in [-0.1, -0.05) is 0 Å². The Hall–Kier alpha value is -0.650. The maximum Gasteiger partial charge on any atom is 0.181 e. The van der Waals surface area contributed by atoms with Crippen molar-refractivity contribution in [2.75, 3.05) is 0 Å². The largest absolute Gasteiger partial charge is 0.355 e. The first kappa shape index (κ1) is 9.89. The number of nitrogens with two attached hydrogens (primary N) is 1. The van der Waals surface area contributed by atoms with Gasteiger partial charge in [-0.15, -0.1) is 11.3 Å². The van der Waals surface area contributed by atoms with Gasteiger partial charge in [0.1, 0.15) is 0 Å². The Morgan fingerprint density at radius 1 is 1.64 bits per heavy atom. The second kappa shape index (κ2) is 4.25. The number of fused-ring (bicyclic) bond motifs is 1. The zero-order valence-corrected chi connectivity index (χ0v) is 9.38. The molecule has 14 heavy (non-hydrogen) atoms. The van der Waals surface area contributed by atoms with Crippen LogP contribution in [0.3, 0.4) is 0 Å². The molecule has 0 saturated carbocycles. The highest BCUT2D eigenvalue weighted by Crippen LogP contribution is 2.32.